The van der Waals surface area contributed by atoms with Crippen LogP contribution in [0.4, 0.5) is 0 Å². The van der Waals surface area contributed by atoms with Gasteiger partial charge in [-0.25, -0.2) is 0 Å². The molecule has 2 atom stereocenters. The third kappa shape index (κ3) is 1.33. The van der Waals surface area contributed by atoms with E-state index >= 15 is 0 Å². The van der Waals surface area contributed by atoms with E-state index in [1.807, 2.05) is 6.92 Å². The number of likely N-dealkylation sites (N-methyl/N-ethyl adjacent to an activating group) is 1. The van der Waals surface area contributed by atoms with Gasteiger partial charge in [-0.2, -0.15) is 0 Å². The number of carbonyl (C=O) groups is 1. The summed E-state index contributed by atoms with van der Waals surface area (Å²) in [6.07, 6.45) is 0.774. The van der Waals surface area contributed by atoms with E-state index < -0.39 is 0 Å². The van der Waals surface area contributed by atoms with Crippen LogP contribution in [0.1, 0.15) is 20.3 Å². The first kappa shape index (κ1) is 8.95. The molecule has 2 rings (SSSR count). The third-order valence-electron chi connectivity index (χ3n) is 3.48. The van der Waals surface area contributed by atoms with E-state index in [1.54, 1.807) is 0 Å². The summed E-state index contributed by atoms with van der Waals surface area (Å²) < 4.78 is 0. The second-order valence-corrected chi connectivity index (χ2v) is 4.56. The molecule has 2 heteroatoms. The Morgan fingerprint density at radius 1 is 1.46 bits per heavy atom. The van der Waals surface area contributed by atoms with Gasteiger partial charge in [-0.15, -0.1) is 0 Å². The van der Waals surface area contributed by atoms with Gasteiger partial charge in [0.15, 0.2) is 5.78 Å². The van der Waals surface area contributed by atoms with E-state index in [0.717, 1.165) is 25.1 Å². The number of carbonyl (C=O) groups excluding carboxylic acids is 1. The number of fused-ring (bicyclic) bond motifs is 1. The van der Waals surface area contributed by atoms with Crippen LogP contribution in [-0.4, -0.2) is 30.8 Å². The Balaban J connectivity index is 2.31. The number of hydrogen-bond donors (Lipinski definition) is 0. The molecule has 0 N–H and O–H groups in total. The van der Waals surface area contributed by atoms with Crippen molar-refractivity contribution < 1.29 is 4.79 Å². The van der Waals surface area contributed by atoms with Crippen LogP contribution in [0, 0.1) is 11.8 Å². The summed E-state index contributed by atoms with van der Waals surface area (Å²) >= 11 is 0. The Morgan fingerprint density at radius 3 is 2.85 bits per heavy atom. The van der Waals surface area contributed by atoms with Gasteiger partial charge < -0.3 is 4.90 Å². The van der Waals surface area contributed by atoms with E-state index in [0.29, 0.717) is 17.6 Å². The minimum absolute atomic E-state index is 0.377. The molecular formula is C11H17NO. The molecular weight excluding hydrogens is 162 g/mol. The molecule has 0 bridgehead atoms. The lowest BCUT2D eigenvalue weighted by Gasteiger charge is -2.34. The molecule has 1 fully saturated rings. The maximum Gasteiger partial charge on any atom is 0.159 e. The lowest BCUT2D eigenvalue weighted by atomic mass is 9.84. The average molecular weight is 179 g/mol. The number of Topliss-reactive ketones (excluding diaryl/α,β-unsaturated/α-hetero) is 1. The lowest BCUT2D eigenvalue weighted by molar-refractivity contribution is -0.115. The zero-order valence-corrected chi connectivity index (χ0v) is 8.63. The first-order valence-electron chi connectivity index (χ1n) is 5.01. The third-order valence-corrected chi connectivity index (χ3v) is 3.48. The summed E-state index contributed by atoms with van der Waals surface area (Å²) in [4.78, 5) is 13.8. The lowest BCUT2D eigenvalue weighted by Crippen LogP contribution is -2.37. The number of hydrogen-bond acceptors (Lipinski definition) is 2. The predicted octanol–water partition coefficient (Wildman–Crippen LogP) is 1.47. The van der Waals surface area contributed by atoms with Gasteiger partial charge in [-0.05, 0) is 37.0 Å². The summed E-state index contributed by atoms with van der Waals surface area (Å²) in [6, 6.07) is 0. The summed E-state index contributed by atoms with van der Waals surface area (Å²) in [6.45, 7) is 6.39. The smallest absolute Gasteiger partial charge is 0.159 e. The molecule has 1 aliphatic carbocycles. The summed E-state index contributed by atoms with van der Waals surface area (Å²) in [5, 5.41) is 0. The van der Waals surface area contributed by atoms with Crippen molar-refractivity contribution in [3.8, 4) is 0 Å². The first-order valence-corrected chi connectivity index (χ1v) is 5.01. The molecule has 2 nitrogen and oxygen atoms in total. The highest BCUT2D eigenvalue weighted by molar-refractivity contribution is 5.98. The molecule has 0 saturated carbocycles. The molecule has 0 spiro atoms. The Kier molecular flexibility index (Phi) is 2.03. The van der Waals surface area contributed by atoms with Crippen molar-refractivity contribution in [3.63, 3.8) is 0 Å². The minimum Gasteiger partial charge on any atom is -0.302 e. The zero-order chi connectivity index (χ0) is 9.59. The first-order chi connectivity index (χ1) is 6.09. The number of ketones is 1. The molecule has 72 valence electrons. The fraction of sp³-hybridized carbons (Fsp3) is 0.727. The fourth-order valence-corrected chi connectivity index (χ4v) is 2.69. The van der Waals surface area contributed by atoms with Gasteiger partial charge >= 0.3 is 0 Å². The maximum atomic E-state index is 11.5. The zero-order valence-electron chi connectivity index (χ0n) is 8.63. The fourth-order valence-electron chi connectivity index (χ4n) is 2.69. The molecule has 0 amide bonds. The molecule has 0 aromatic rings. The molecule has 0 aromatic heterocycles. The van der Waals surface area contributed by atoms with Crippen LogP contribution < -0.4 is 0 Å². The van der Waals surface area contributed by atoms with Crippen LogP contribution in [0.5, 0.6) is 0 Å². The molecule has 2 unspecified atom stereocenters. The van der Waals surface area contributed by atoms with Gasteiger partial charge in [0.05, 0.1) is 0 Å². The van der Waals surface area contributed by atoms with Crippen LogP contribution in [0.25, 0.3) is 0 Å². The van der Waals surface area contributed by atoms with Crippen LogP contribution in [0.2, 0.25) is 0 Å². The highest BCUT2D eigenvalue weighted by atomic mass is 16.1. The van der Waals surface area contributed by atoms with Crippen LogP contribution in [0.3, 0.4) is 0 Å². The summed E-state index contributed by atoms with van der Waals surface area (Å²) in [5.41, 5.74) is 2.45. The topological polar surface area (TPSA) is 20.3 Å². The SMILES string of the molecule is CC1=C2CN(C)CC(C)C2CC1=O. The second-order valence-electron chi connectivity index (χ2n) is 4.56. The highest BCUT2D eigenvalue weighted by Crippen LogP contribution is 2.38. The summed E-state index contributed by atoms with van der Waals surface area (Å²) in [7, 11) is 2.13. The Hall–Kier alpha value is -0.630. The van der Waals surface area contributed by atoms with Crippen LogP contribution >= 0.6 is 0 Å². The van der Waals surface area contributed by atoms with Gasteiger partial charge in [0.2, 0.25) is 0 Å². The van der Waals surface area contributed by atoms with Gasteiger partial charge in [0, 0.05) is 19.5 Å². The molecule has 1 saturated heterocycles. The van der Waals surface area contributed by atoms with E-state index in [-0.39, 0.29) is 0 Å². The minimum atomic E-state index is 0.377. The van der Waals surface area contributed by atoms with Gasteiger partial charge in [-0.1, -0.05) is 6.92 Å². The number of nitrogens with zero attached hydrogens (tertiary/aromatic N) is 1. The van der Waals surface area contributed by atoms with E-state index in [9.17, 15) is 4.79 Å². The quantitative estimate of drug-likeness (QED) is 0.561. The standard InChI is InChI=1S/C11H17NO/c1-7-5-12(3)6-10-8(2)11(13)4-9(7)10/h7,9H,4-6H2,1-3H3. The number of allylic oxidation sites excluding steroid dienone is 1. The normalized spacial score (nSPS) is 35.5. The largest absolute Gasteiger partial charge is 0.302 e. The molecule has 0 aromatic carbocycles. The second kappa shape index (κ2) is 2.95. The Labute approximate surface area is 79.6 Å². The summed E-state index contributed by atoms with van der Waals surface area (Å²) in [5.74, 6) is 1.58. The van der Waals surface area contributed by atoms with Crippen molar-refractivity contribution in [1.82, 2.24) is 4.90 Å². The Morgan fingerprint density at radius 2 is 2.15 bits per heavy atom. The molecule has 1 aliphatic heterocycles. The van der Waals surface area contributed by atoms with E-state index in [1.165, 1.54) is 5.57 Å². The molecule has 0 radical (unpaired) electrons. The van der Waals surface area contributed by atoms with Gasteiger partial charge in [0.25, 0.3) is 0 Å². The van der Waals surface area contributed by atoms with Crippen molar-refractivity contribution in [2.75, 3.05) is 20.1 Å². The Bertz CT molecular complexity index is 280. The highest BCUT2D eigenvalue weighted by Gasteiger charge is 2.36. The average Bonchev–Trinajstić information content (AvgIpc) is 2.32. The van der Waals surface area contributed by atoms with E-state index in [2.05, 4.69) is 18.9 Å². The number of likely N-dealkylation sites (tertiary alicyclic amines) is 1. The van der Waals surface area contributed by atoms with Crippen molar-refractivity contribution in [3.05, 3.63) is 11.1 Å². The predicted molar refractivity (Wildman–Crippen MR) is 52.5 cm³/mol. The molecule has 13 heavy (non-hydrogen) atoms. The van der Waals surface area contributed by atoms with Crippen molar-refractivity contribution in [2.45, 2.75) is 20.3 Å². The van der Waals surface area contributed by atoms with E-state index in [4.69, 9.17) is 0 Å². The van der Waals surface area contributed by atoms with Crippen LogP contribution in [-0.2, 0) is 4.79 Å². The maximum absolute atomic E-state index is 11.5. The monoisotopic (exact) mass is 179 g/mol. The van der Waals surface area contributed by atoms with Crippen LogP contribution in [0.15, 0.2) is 11.1 Å². The molecule has 1 heterocycles. The number of rotatable bonds is 0. The van der Waals surface area contributed by atoms with Gasteiger partial charge in [0.1, 0.15) is 0 Å². The van der Waals surface area contributed by atoms with Crippen molar-refractivity contribution >= 4 is 5.78 Å². The van der Waals surface area contributed by atoms with Crippen molar-refractivity contribution in [2.24, 2.45) is 11.8 Å². The van der Waals surface area contributed by atoms with Gasteiger partial charge in [-0.3, -0.25) is 4.79 Å². The molecule has 2 aliphatic rings. The number of piperidine rings is 1. The van der Waals surface area contributed by atoms with Crippen molar-refractivity contribution in [1.29, 1.82) is 0 Å².